The highest BCUT2D eigenvalue weighted by Gasteiger charge is 2.24. The van der Waals surface area contributed by atoms with E-state index in [1.807, 2.05) is 13.8 Å². The topological polar surface area (TPSA) is 66.5 Å². The number of hydrogen-bond donors (Lipinski definition) is 3. The Morgan fingerprint density at radius 3 is 2.62 bits per heavy atom. The van der Waals surface area contributed by atoms with Gasteiger partial charge in [-0.15, -0.1) is 0 Å². The molecule has 0 fully saturated rings. The molecule has 0 bridgehead atoms. The number of rotatable bonds is 4. The molecule has 0 saturated heterocycles. The van der Waals surface area contributed by atoms with Gasteiger partial charge in [-0.1, -0.05) is 32.4 Å². The summed E-state index contributed by atoms with van der Waals surface area (Å²) < 4.78 is 13.1. The number of aromatic hydroxyl groups is 1. The molecule has 0 radical (unpaired) electrons. The van der Waals surface area contributed by atoms with Crippen LogP contribution in [-0.4, -0.2) is 16.3 Å². The maximum Gasteiger partial charge on any atom is 0.165 e. The molecule has 1 unspecified atom stereocenters. The average Bonchev–Trinajstić information content (AvgIpc) is 2.29. The number of benzene rings is 1. The second kappa shape index (κ2) is 5.27. The summed E-state index contributed by atoms with van der Waals surface area (Å²) in [6.07, 6.45) is -0.0250. The van der Waals surface area contributed by atoms with Gasteiger partial charge in [-0.3, -0.25) is 0 Å². The molecule has 1 rings (SSSR count). The van der Waals surface area contributed by atoms with Crippen molar-refractivity contribution in [2.24, 2.45) is 11.7 Å². The maximum atomic E-state index is 13.1. The number of nitrogens with two attached hydrogens (primary N) is 1. The van der Waals surface area contributed by atoms with E-state index in [9.17, 15) is 14.6 Å². The number of aliphatic hydroxyl groups excluding tert-OH is 1. The van der Waals surface area contributed by atoms with E-state index in [2.05, 4.69) is 0 Å². The largest absolute Gasteiger partial charge is 0.505 e. The first kappa shape index (κ1) is 12.9. The fourth-order valence-corrected chi connectivity index (χ4v) is 1.58. The van der Waals surface area contributed by atoms with Crippen LogP contribution in [0.15, 0.2) is 18.2 Å². The standard InChI is InChI=1S/C12H18FNO2/c1-3-7(2)11(15)10(14)8-5-4-6-9(13)12(8)16/h4-7,10-11,15-16H,3,14H2,1-2H3/t7?,10-,11+/m1/s1. The molecule has 0 aliphatic carbocycles. The number of phenolic OH excluding ortho intramolecular Hbond substituents is 1. The lowest BCUT2D eigenvalue weighted by molar-refractivity contribution is 0.0869. The summed E-state index contributed by atoms with van der Waals surface area (Å²) in [7, 11) is 0. The fourth-order valence-electron chi connectivity index (χ4n) is 1.58. The minimum atomic E-state index is -0.794. The molecule has 0 aliphatic heterocycles. The highest BCUT2D eigenvalue weighted by molar-refractivity contribution is 5.36. The highest BCUT2D eigenvalue weighted by Crippen LogP contribution is 2.29. The van der Waals surface area contributed by atoms with Crippen LogP contribution in [-0.2, 0) is 0 Å². The fraction of sp³-hybridized carbons (Fsp3) is 0.500. The van der Waals surface area contributed by atoms with Crippen molar-refractivity contribution in [1.29, 1.82) is 0 Å². The maximum absolute atomic E-state index is 13.1. The number of aliphatic hydroxyl groups is 1. The average molecular weight is 227 g/mol. The van der Waals surface area contributed by atoms with Crippen LogP contribution in [0.1, 0.15) is 31.9 Å². The molecule has 90 valence electrons. The molecule has 0 aliphatic rings. The number of hydrogen-bond acceptors (Lipinski definition) is 3. The lowest BCUT2D eigenvalue weighted by Crippen LogP contribution is -2.31. The Labute approximate surface area is 94.7 Å². The second-order valence-electron chi connectivity index (χ2n) is 4.08. The molecule has 0 heterocycles. The van der Waals surface area contributed by atoms with Gasteiger partial charge in [0.1, 0.15) is 0 Å². The van der Waals surface area contributed by atoms with Crippen molar-refractivity contribution >= 4 is 0 Å². The SMILES string of the molecule is CCC(C)[C@H](O)[C@H](N)c1cccc(F)c1O. The first-order valence-corrected chi connectivity index (χ1v) is 5.40. The van der Waals surface area contributed by atoms with Crippen LogP contribution in [0.4, 0.5) is 4.39 Å². The van der Waals surface area contributed by atoms with E-state index in [0.29, 0.717) is 0 Å². The van der Waals surface area contributed by atoms with Crippen molar-refractivity contribution in [2.75, 3.05) is 0 Å². The van der Waals surface area contributed by atoms with Crippen molar-refractivity contribution in [2.45, 2.75) is 32.4 Å². The van der Waals surface area contributed by atoms with E-state index in [-0.39, 0.29) is 11.5 Å². The Morgan fingerprint density at radius 1 is 1.44 bits per heavy atom. The van der Waals surface area contributed by atoms with Crippen molar-refractivity contribution in [3.05, 3.63) is 29.6 Å². The molecule has 0 saturated carbocycles. The molecular formula is C12H18FNO2. The summed E-state index contributed by atoms with van der Waals surface area (Å²) in [5.41, 5.74) is 6.05. The van der Waals surface area contributed by atoms with Gasteiger partial charge in [0, 0.05) is 5.56 Å². The minimum absolute atomic E-state index is 0.00216. The minimum Gasteiger partial charge on any atom is -0.505 e. The van der Waals surface area contributed by atoms with Crippen molar-refractivity contribution in [3.8, 4) is 5.75 Å². The van der Waals surface area contributed by atoms with Crippen molar-refractivity contribution < 1.29 is 14.6 Å². The zero-order valence-corrected chi connectivity index (χ0v) is 9.52. The molecule has 16 heavy (non-hydrogen) atoms. The molecule has 1 aromatic rings. The molecular weight excluding hydrogens is 209 g/mol. The Kier molecular flexibility index (Phi) is 4.26. The quantitative estimate of drug-likeness (QED) is 0.736. The lowest BCUT2D eigenvalue weighted by Gasteiger charge is -2.24. The zero-order chi connectivity index (χ0) is 12.3. The molecule has 0 aromatic heterocycles. The summed E-state index contributed by atoms with van der Waals surface area (Å²) in [5, 5.41) is 19.4. The summed E-state index contributed by atoms with van der Waals surface area (Å²) >= 11 is 0. The normalized spacial score (nSPS) is 16.8. The van der Waals surface area contributed by atoms with Crippen LogP contribution >= 0.6 is 0 Å². The molecule has 4 N–H and O–H groups in total. The van der Waals surface area contributed by atoms with Gasteiger partial charge in [0.25, 0.3) is 0 Å². The Balaban J connectivity index is 2.96. The third-order valence-electron chi connectivity index (χ3n) is 2.97. The molecule has 0 amide bonds. The third kappa shape index (κ3) is 2.51. The summed E-state index contributed by atoms with van der Waals surface area (Å²) in [4.78, 5) is 0. The van der Waals surface area contributed by atoms with Gasteiger partial charge in [-0.25, -0.2) is 4.39 Å². The van der Waals surface area contributed by atoms with Crippen LogP contribution < -0.4 is 5.73 Å². The van der Waals surface area contributed by atoms with Crippen molar-refractivity contribution in [1.82, 2.24) is 0 Å². The van der Waals surface area contributed by atoms with Gasteiger partial charge in [-0.05, 0) is 12.0 Å². The van der Waals surface area contributed by atoms with E-state index in [4.69, 9.17) is 5.73 Å². The zero-order valence-electron chi connectivity index (χ0n) is 9.52. The van der Waals surface area contributed by atoms with Gasteiger partial charge >= 0.3 is 0 Å². The summed E-state index contributed by atoms with van der Waals surface area (Å²) in [5.74, 6) is -1.20. The van der Waals surface area contributed by atoms with Crippen molar-refractivity contribution in [3.63, 3.8) is 0 Å². The molecule has 0 spiro atoms. The van der Waals surface area contributed by atoms with Gasteiger partial charge in [0.15, 0.2) is 11.6 Å². The summed E-state index contributed by atoms with van der Waals surface area (Å²) in [6, 6.07) is 3.37. The molecule has 3 atom stereocenters. The molecule has 1 aromatic carbocycles. The predicted octanol–water partition coefficient (Wildman–Crippen LogP) is 1.94. The monoisotopic (exact) mass is 227 g/mol. The summed E-state index contributed by atoms with van der Waals surface area (Å²) in [6.45, 7) is 3.80. The first-order valence-electron chi connectivity index (χ1n) is 5.40. The van der Waals surface area contributed by atoms with Crippen LogP contribution in [0.5, 0.6) is 5.75 Å². The van der Waals surface area contributed by atoms with E-state index >= 15 is 0 Å². The Morgan fingerprint density at radius 2 is 2.06 bits per heavy atom. The molecule has 4 heteroatoms. The van der Waals surface area contributed by atoms with Gasteiger partial charge < -0.3 is 15.9 Å². The third-order valence-corrected chi connectivity index (χ3v) is 2.97. The molecule has 3 nitrogen and oxygen atoms in total. The van der Waals surface area contributed by atoms with E-state index in [0.717, 1.165) is 12.5 Å². The Bertz CT molecular complexity index is 357. The van der Waals surface area contributed by atoms with Crippen LogP contribution in [0.2, 0.25) is 0 Å². The lowest BCUT2D eigenvalue weighted by atomic mass is 9.91. The van der Waals surface area contributed by atoms with E-state index in [1.165, 1.54) is 12.1 Å². The van der Waals surface area contributed by atoms with Crippen LogP contribution in [0.25, 0.3) is 0 Å². The van der Waals surface area contributed by atoms with E-state index in [1.54, 1.807) is 0 Å². The number of halogens is 1. The second-order valence-corrected chi connectivity index (χ2v) is 4.08. The smallest absolute Gasteiger partial charge is 0.165 e. The van der Waals surface area contributed by atoms with Crippen LogP contribution in [0, 0.1) is 11.7 Å². The predicted molar refractivity (Wildman–Crippen MR) is 60.5 cm³/mol. The first-order chi connectivity index (χ1) is 7.49. The number of para-hydroxylation sites is 1. The van der Waals surface area contributed by atoms with Gasteiger partial charge in [-0.2, -0.15) is 0 Å². The van der Waals surface area contributed by atoms with Crippen LogP contribution in [0.3, 0.4) is 0 Å². The van der Waals surface area contributed by atoms with E-state index < -0.39 is 23.7 Å². The Hall–Kier alpha value is -1.13. The van der Waals surface area contributed by atoms with Gasteiger partial charge in [0.2, 0.25) is 0 Å². The highest BCUT2D eigenvalue weighted by atomic mass is 19.1. The van der Waals surface area contributed by atoms with Gasteiger partial charge in [0.05, 0.1) is 12.1 Å². The number of phenols is 1.